The van der Waals surface area contributed by atoms with Gasteiger partial charge in [-0.25, -0.2) is 0 Å². The highest BCUT2D eigenvalue weighted by atomic mass is 35.5. The summed E-state index contributed by atoms with van der Waals surface area (Å²) in [5.74, 6) is -3.62. The van der Waals surface area contributed by atoms with Crippen LogP contribution in [0.15, 0.2) is 36.9 Å². The lowest BCUT2D eigenvalue weighted by molar-refractivity contribution is -0.149. The van der Waals surface area contributed by atoms with Gasteiger partial charge in [0.25, 0.3) is 5.91 Å². The van der Waals surface area contributed by atoms with Crippen molar-refractivity contribution in [1.82, 2.24) is 4.90 Å². The Morgan fingerprint density at radius 1 is 1.30 bits per heavy atom. The molecule has 9 heteroatoms. The Labute approximate surface area is 197 Å². The molecule has 0 saturated carbocycles. The van der Waals surface area contributed by atoms with Gasteiger partial charge in [0.2, 0.25) is 5.91 Å². The Bertz CT molecular complexity index is 955. The summed E-state index contributed by atoms with van der Waals surface area (Å²) in [6, 6.07) is 6.01. The smallest absolute Gasteiger partial charge is 0.310 e. The molecule has 0 aliphatic carbocycles. The topological polar surface area (TPSA) is 107 Å². The molecule has 0 radical (unpaired) electrons. The van der Waals surface area contributed by atoms with Crippen LogP contribution < -0.4 is 4.90 Å². The number of carbonyl (C=O) groups is 3. The van der Waals surface area contributed by atoms with Gasteiger partial charge in [-0.2, -0.15) is 0 Å². The zero-order valence-corrected chi connectivity index (χ0v) is 19.1. The number of fused-ring (bicyclic) bond motifs is 1. The number of carboxylic acids is 1. The summed E-state index contributed by atoms with van der Waals surface area (Å²) in [5, 5.41) is 19.3. The molecule has 3 heterocycles. The van der Waals surface area contributed by atoms with Crippen molar-refractivity contribution in [1.29, 1.82) is 0 Å². The van der Waals surface area contributed by atoms with E-state index in [1.165, 1.54) is 9.80 Å². The Morgan fingerprint density at radius 2 is 2.06 bits per heavy atom. The third kappa shape index (κ3) is 3.84. The fraction of sp³-hybridized carbons (Fsp3) is 0.542. The van der Waals surface area contributed by atoms with Crippen molar-refractivity contribution in [2.45, 2.75) is 49.9 Å². The van der Waals surface area contributed by atoms with E-state index in [4.69, 9.17) is 21.4 Å². The maximum atomic E-state index is 14.1. The maximum absolute atomic E-state index is 14.1. The maximum Gasteiger partial charge on any atom is 0.310 e. The standard InChI is InChI=1S/C24H29ClN2O6/c1-2-12-26(16-9-5-4-8-15(16)25)22(30)20-24-11-10-17(33-24)18(23(31)32)19(24)21(29)27(20)13-6-3-7-14-28/h2,4-5,8-9,17-20,28H,1,3,6-7,10-14H2,(H,31,32)/t17-,18+,19-,20?,24?/m0/s1. The summed E-state index contributed by atoms with van der Waals surface area (Å²) in [6.45, 7) is 4.28. The summed E-state index contributed by atoms with van der Waals surface area (Å²) in [6.07, 6.45) is 3.83. The van der Waals surface area contributed by atoms with Gasteiger partial charge in [-0.15, -0.1) is 6.58 Å². The highest BCUT2D eigenvalue weighted by molar-refractivity contribution is 6.34. The van der Waals surface area contributed by atoms with Crippen molar-refractivity contribution in [2.24, 2.45) is 11.8 Å². The largest absolute Gasteiger partial charge is 0.481 e. The van der Waals surface area contributed by atoms with E-state index in [0.717, 1.165) is 0 Å². The molecule has 5 atom stereocenters. The molecule has 2 N–H and O–H groups in total. The number of anilines is 1. The molecule has 178 valence electrons. The number of rotatable bonds is 10. The van der Waals surface area contributed by atoms with Crippen LogP contribution in [0.25, 0.3) is 0 Å². The fourth-order valence-electron chi connectivity index (χ4n) is 5.78. The molecule has 2 unspecified atom stereocenters. The number of aliphatic hydroxyl groups is 1. The quantitative estimate of drug-likeness (QED) is 0.397. The molecule has 3 aliphatic heterocycles. The number of aliphatic carboxylic acids is 1. The molecule has 33 heavy (non-hydrogen) atoms. The summed E-state index contributed by atoms with van der Waals surface area (Å²) >= 11 is 6.40. The number of ether oxygens (including phenoxy) is 1. The Morgan fingerprint density at radius 3 is 2.73 bits per heavy atom. The molecule has 1 aromatic carbocycles. The number of para-hydroxylation sites is 1. The van der Waals surface area contributed by atoms with Crippen LogP contribution in [0, 0.1) is 11.8 Å². The van der Waals surface area contributed by atoms with Crippen molar-refractivity contribution in [3.8, 4) is 0 Å². The van der Waals surface area contributed by atoms with Gasteiger partial charge in [0.15, 0.2) is 0 Å². The van der Waals surface area contributed by atoms with E-state index >= 15 is 0 Å². The van der Waals surface area contributed by atoms with Crippen molar-refractivity contribution in [2.75, 3.05) is 24.6 Å². The van der Waals surface area contributed by atoms with Crippen molar-refractivity contribution >= 4 is 35.1 Å². The molecule has 2 bridgehead atoms. The molecule has 3 fully saturated rings. The van der Waals surface area contributed by atoms with Crippen LogP contribution in [0.4, 0.5) is 5.69 Å². The minimum absolute atomic E-state index is 0.0500. The highest BCUT2D eigenvalue weighted by Gasteiger charge is 2.74. The normalized spacial score (nSPS) is 29.9. The summed E-state index contributed by atoms with van der Waals surface area (Å²) in [7, 11) is 0. The van der Waals surface area contributed by atoms with E-state index in [2.05, 4.69) is 6.58 Å². The van der Waals surface area contributed by atoms with Crippen LogP contribution in [0.3, 0.4) is 0 Å². The number of hydrogen-bond acceptors (Lipinski definition) is 5. The summed E-state index contributed by atoms with van der Waals surface area (Å²) < 4.78 is 6.22. The second-order valence-corrected chi connectivity index (χ2v) is 9.31. The lowest BCUT2D eigenvalue weighted by Crippen LogP contribution is -2.56. The molecule has 3 saturated heterocycles. The van der Waals surface area contributed by atoms with Crippen LogP contribution in [0.2, 0.25) is 5.02 Å². The van der Waals surface area contributed by atoms with Crippen LogP contribution in [-0.2, 0) is 19.1 Å². The number of amides is 2. The van der Waals surface area contributed by atoms with Gasteiger partial charge in [0, 0.05) is 19.7 Å². The lowest BCUT2D eigenvalue weighted by Gasteiger charge is -2.37. The summed E-state index contributed by atoms with van der Waals surface area (Å²) in [5.41, 5.74) is -0.668. The minimum Gasteiger partial charge on any atom is -0.481 e. The van der Waals surface area contributed by atoms with Crippen molar-refractivity contribution in [3.63, 3.8) is 0 Å². The number of hydrogen-bond donors (Lipinski definition) is 2. The summed E-state index contributed by atoms with van der Waals surface area (Å²) in [4.78, 5) is 42.7. The molecule has 1 aromatic rings. The molecule has 1 spiro atoms. The van der Waals surface area contributed by atoms with E-state index in [1.807, 2.05) is 0 Å². The molecule has 2 amide bonds. The van der Waals surface area contributed by atoms with Gasteiger partial charge in [0.05, 0.1) is 28.6 Å². The number of benzene rings is 1. The monoisotopic (exact) mass is 476 g/mol. The Kier molecular flexibility index (Phi) is 6.79. The molecule has 8 nitrogen and oxygen atoms in total. The van der Waals surface area contributed by atoms with Gasteiger partial charge in [-0.05, 0) is 44.2 Å². The van der Waals surface area contributed by atoms with Gasteiger partial charge >= 0.3 is 5.97 Å². The third-order valence-corrected chi connectivity index (χ3v) is 7.42. The first kappa shape index (κ1) is 23.7. The van der Waals surface area contributed by atoms with Gasteiger partial charge in [0.1, 0.15) is 11.6 Å². The van der Waals surface area contributed by atoms with E-state index in [-0.39, 0.29) is 31.5 Å². The first-order valence-electron chi connectivity index (χ1n) is 11.4. The van der Waals surface area contributed by atoms with Crippen molar-refractivity contribution < 1.29 is 29.3 Å². The average molecular weight is 477 g/mol. The molecule has 4 rings (SSSR count). The number of halogens is 1. The predicted octanol–water partition coefficient (Wildman–Crippen LogP) is 2.48. The van der Waals surface area contributed by atoms with Crippen LogP contribution in [-0.4, -0.2) is 70.3 Å². The SMILES string of the molecule is C=CCN(C(=O)C1N(CCCCCO)C(=O)[C@@H]2[C@H](C(=O)O)[C@@H]3CCC12O3)c1ccccc1Cl. The molecular weight excluding hydrogens is 448 g/mol. The van der Waals surface area contributed by atoms with E-state index < -0.39 is 35.6 Å². The number of likely N-dealkylation sites (tertiary alicyclic amines) is 1. The van der Waals surface area contributed by atoms with Gasteiger partial charge < -0.3 is 24.7 Å². The number of carboxylic acid groups (broad SMARTS) is 1. The number of nitrogens with zero attached hydrogens (tertiary/aromatic N) is 2. The zero-order chi connectivity index (χ0) is 23.8. The average Bonchev–Trinajstić information content (AvgIpc) is 3.43. The van der Waals surface area contributed by atoms with E-state index in [0.29, 0.717) is 42.8 Å². The number of unbranched alkanes of at least 4 members (excludes halogenated alkanes) is 2. The second kappa shape index (κ2) is 9.44. The first-order valence-corrected chi connectivity index (χ1v) is 11.7. The van der Waals surface area contributed by atoms with Crippen molar-refractivity contribution in [3.05, 3.63) is 41.9 Å². The molecule has 0 aromatic heterocycles. The van der Waals surface area contributed by atoms with Crippen LogP contribution >= 0.6 is 11.6 Å². The minimum atomic E-state index is -1.17. The third-order valence-electron chi connectivity index (χ3n) is 7.10. The Balaban J connectivity index is 1.74. The lowest BCUT2D eigenvalue weighted by atomic mass is 9.70. The fourth-order valence-corrected chi connectivity index (χ4v) is 6.02. The second-order valence-electron chi connectivity index (χ2n) is 8.90. The van der Waals surface area contributed by atoms with Crippen LogP contribution in [0.1, 0.15) is 32.1 Å². The number of aliphatic hydroxyl groups excluding tert-OH is 1. The molecular formula is C24H29ClN2O6. The zero-order valence-electron chi connectivity index (χ0n) is 18.4. The highest BCUT2D eigenvalue weighted by Crippen LogP contribution is 2.58. The first-order chi connectivity index (χ1) is 15.9. The predicted molar refractivity (Wildman–Crippen MR) is 122 cm³/mol. The molecule has 3 aliphatic rings. The number of carbonyl (C=O) groups excluding carboxylic acids is 2. The Hall–Kier alpha value is -2.42. The van der Waals surface area contributed by atoms with Gasteiger partial charge in [-0.1, -0.05) is 29.8 Å². The van der Waals surface area contributed by atoms with E-state index in [1.54, 1.807) is 30.3 Å². The van der Waals surface area contributed by atoms with Crippen LogP contribution in [0.5, 0.6) is 0 Å². The van der Waals surface area contributed by atoms with Gasteiger partial charge in [-0.3, -0.25) is 14.4 Å². The van der Waals surface area contributed by atoms with E-state index in [9.17, 15) is 19.5 Å².